The van der Waals surface area contributed by atoms with Crippen molar-refractivity contribution in [2.24, 2.45) is 0 Å². The van der Waals surface area contributed by atoms with E-state index in [-0.39, 0.29) is 12.0 Å². The van der Waals surface area contributed by atoms with Gasteiger partial charge in [-0.2, -0.15) is 0 Å². The molecule has 0 saturated carbocycles. The summed E-state index contributed by atoms with van der Waals surface area (Å²) >= 11 is 0. The Labute approximate surface area is 122 Å². The SMILES string of the molecule is Cc1cc(C(=O)N2CCC[C@H](Oc3ccncc3)C2)no1. The van der Waals surface area contributed by atoms with Crippen molar-refractivity contribution in [2.75, 3.05) is 13.1 Å². The fraction of sp³-hybridized carbons (Fsp3) is 0.400. The molecule has 0 spiro atoms. The predicted molar refractivity (Wildman–Crippen MR) is 75.0 cm³/mol. The number of rotatable bonds is 3. The van der Waals surface area contributed by atoms with Crippen LogP contribution in [0, 0.1) is 6.92 Å². The van der Waals surface area contributed by atoms with Gasteiger partial charge in [-0.3, -0.25) is 9.78 Å². The minimum atomic E-state index is -0.102. The van der Waals surface area contributed by atoms with Gasteiger partial charge >= 0.3 is 0 Å². The van der Waals surface area contributed by atoms with Crippen molar-refractivity contribution >= 4 is 5.91 Å². The lowest BCUT2D eigenvalue weighted by Crippen LogP contribution is -2.44. The van der Waals surface area contributed by atoms with Gasteiger partial charge in [0.25, 0.3) is 5.91 Å². The van der Waals surface area contributed by atoms with Crippen LogP contribution in [-0.2, 0) is 0 Å². The van der Waals surface area contributed by atoms with E-state index in [4.69, 9.17) is 9.26 Å². The molecule has 1 aliphatic rings. The van der Waals surface area contributed by atoms with Crippen molar-refractivity contribution in [2.45, 2.75) is 25.9 Å². The highest BCUT2D eigenvalue weighted by Crippen LogP contribution is 2.19. The van der Waals surface area contributed by atoms with Crippen LogP contribution in [0.4, 0.5) is 0 Å². The number of ether oxygens (including phenoxy) is 1. The van der Waals surface area contributed by atoms with Crippen LogP contribution >= 0.6 is 0 Å². The third-order valence-electron chi connectivity index (χ3n) is 3.46. The molecule has 1 fully saturated rings. The standard InChI is InChI=1S/C15H17N3O3/c1-11-9-14(17-21-11)15(19)18-8-2-3-13(10-18)20-12-4-6-16-7-5-12/h4-7,9,13H,2-3,8,10H2,1H3/t13-/m0/s1. The molecule has 0 aromatic carbocycles. The Bertz CT molecular complexity index is 612. The maximum atomic E-state index is 12.3. The Morgan fingerprint density at radius 2 is 2.24 bits per heavy atom. The zero-order chi connectivity index (χ0) is 14.7. The van der Waals surface area contributed by atoms with Crippen molar-refractivity contribution in [3.05, 3.63) is 42.0 Å². The number of hydrogen-bond acceptors (Lipinski definition) is 5. The van der Waals surface area contributed by atoms with Gasteiger partial charge in [0, 0.05) is 25.0 Å². The first-order valence-corrected chi connectivity index (χ1v) is 7.01. The Kier molecular flexibility index (Phi) is 3.85. The van der Waals surface area contributed by atoms with Gasteiger partial charge in [-0.05, 0) is 31.9 Å². The second-order valence-corrected chi connectivity index (χ2v) is 5.14. The van der Waals surface area contributed by atoms with Crippen molar-refractivity contribution < 1.29 is 14.1 Å². The molecule has 1 atom stereocenters. The lowest BCUT2D eigenvalue weighted by atomic mass is 10.1. The van der Waals surface area contributed by atoms with E-state index in [9.17, 15) is 4.79 Å². The third-order valence-corrected chi connectivity index (χ3v) is 3.46. The summed E-state index contributed by atoms with van der Waals surface area (Å²) in [4.78, 5) is 18.1. The van der Waals surface area contributed by atoms with Crippen LogP contribution in [0.25, 0.3) is 0 Å². The Hall–Kier alpha value is -2.37. The van der Waals surface area contributed by atoms with Crippen LogP contribution < -0.4 is 4.74 Å². The van der Waals surface area contributed by atoms with E-state index in [1.54, 1.807) is 30.3 Å². The zero-order valence-electron chi connectivity index (χ0n) is 11.9. The lowest BCUT2D eigenvalue weighted by Gasteiger charge is -2.32. The molecule has 0 N–H and O–H groups in total. The number of pyridine rings is 1. The molecule has 2 aromatic rings. The van der Waals surface area contributed by atoms with Gasteiger partial charge in [-0.25, -0.2) is 0 Å². The smallest absolute Gasteiger partial charge is 0.276 e. The number of aromatic nitrogens is 2. The molecular formula is C15H17N3O3. The van der Waals surface area contributed by atoms with E-state index >= 15 is 0 Å². The van der Waals surface area contributed by atoms with E-state index in [2.05, 4.69) is 10.1 Å². The molecule has 6 heteroatoms. The first-order valence-electron chi connectivity index (χ1n) is 7.01. The molecule has 0 radical (unpaired) electrons. The number of amides is 1. The highest BCUT2D eigenvalue weighted by Gasteiger charge is 2.27. The topological polar surface area (TPSA) is 68.5 Å². The molecule has 0 unspecified atom stereocenters. The molecule has 2 aromatic heterocycles. The Balaban J connectivity index is 1.64. The quantitative estimate of drug-likeness (QED) is 0.864. The molecule has 0 aliphatic carbocycles. The van der Waals surface area contributed by atoms with Crippen LogP contribution in [0.15, 0.2) is 35.1 Å². The fourth-order valence-corrected chi connectivity index (χ4v) is 2.46. The van der Waals surface area contributed by atoms with Crippen molar-refractivity contribution in [3.8, 4) is 5.75 Å². The molecular weight excluding hydrogens is 270 g/mol. The second kappa shape index (κ2) is 5.95. The molecule has 1 saturated heterocycles. The first kappa shape index (κ1) is 13.6. The summed E-state index contributed by atoms with van der Waals surface area (Å²) in [5.41, 5.74) is 0.358. The van der Waals surface area contributed by atoms with Crippen LogP contribution in [0.5, 0.6) is 5.75 Å². The molecule has 1 amide bonds. The average Bonchev–Trinajstić information content (AvgIpc) is 2.94. The van der Waals surface area contributed by atoms with Gasteiger partial charge in [0.2, 0.25) is 0 Å². The Morgan fingerprint density at radius 3 is 2.95 bits per heavy atom. The number of carbonyl (C=O) groups is 1. The number of carbonyl (C=O) groups excluding carboxylic acids is 1. The van der Waals surface area contributed by atoms with Crippen LogP contribution in [-0.4, -0.2) is 40.1 Å². The molecule has 21 heavy (non-hydrogen) atoms. The van der Waals surface area contributed by atoms with E-state index in [0.717, 1.165) is 25.1 Å². The molecule has 1 aliphatic heterocycles. The molecule has 3 heterocycles. The molecule has 110 valence electrons. The number of aryl methyl sites for hydroxylation is 1. The number of piperidine rings is 1. The highest BCUT2D eigenvalue weighted by molar-refractivity contribution is 5.92. The fourth-order valence-electron chi connectivity index (χ4n) is 2.46. The Morgan fingerprint density at radius 1 is 1.43 bits per heavy atom. The van der Waals surface area contributed by atoms with E-state index in [1.165, 1.54) is 0 Å². The molecule has 6 nitrogen and oxygen atoms in total. The zero-order valence-corrected chi connectivity index (χ0v) is 11.9. The maximum absolute atomic E-state index is 12.3. The lowest BCUT2D eigenvalue weighted by molar-refractivity contribution is 0.0528. The van der Waals surface area contributed by atoms with Gasteiger partial charge in [0.15, 0.2) is 5.69 Å². The summed E-state index contributed by atoms with van der Waals surface area (Å²) in [6.07, 6.45) is 5.24. The first-order chi connectivity index (χ1) is 10.2. The van der Waals surface area contributed by atoms with Crippen molar-refractivity contribution in [1.82, 2.24) is 15.0 Å². The monoisotopic (exact) mass is 287 g/mol. The van der Waals surface area contributed by atoms with E-state index in [1.807, 2.05) is 12.1 Å². The highest BCUT2D eigenvalue weighted by atomic mass is 16.5. The summed E-state index contributed by atoms with van der Waals surface area (Å²) in [5.74, 6) is 1.32. The summed E-state index contributed by atoms with van der Waals surface area (Å²) < 4.78 is 10.9. The van der Waals surface area contributed by atoms with Crippen LogP contribution in [0.2, 0.25) is 0 Å². The van der Waals surface area contributed by atoms with Crippen LogP contribution in [0.1, 0.15) is 29.1 Å². The summed E-state index contributed by atoms with van der Waals surface area (Å²) in [6.45, 7) is 3.06. The van der Waals surface area contributed by atoms with E-state index in [0.29, 0.717) is 18.0 Å². The largest absolute Gasteiger partial charge is 0.488 e. The van der Waals surface area contributed by atoms with Gasteiger partial charge < -0.3 is 14.2 Å². The number of nitrogens with zero attached hydrogens (tertiary/aromatic N) is 3. The van der Waals surface area contributed by atoms with Gasteiger partial charge in [0.05, 0.1) is 6.54 Å². The normalized spacial score (nSPS) is 18.5. The summed E-state index contributed by atoms with van der Waals surface area (Å²) in [5, 5.41) is 3.78. The van der Waals surface area contributed by atoms with Crippen LogP contribution in [0.3, 0.4) is 0 Å². The molecule has 0 bridgehead atoms. The van der Waals surface area contributed by atoms with Crippen molar-refractivity contribution in [1.29, 1.82) is 0 Å². The van der Waals surface area contributed by atoms with Gasteiger partial charge in [0.1, 0.15) is 17.6 Å². The minimum absolute atomic E-state index is 0.00176. The predicted octanol–water partition coefficient (Wildman–Crippen LogP) is 2.06. The molecule has 3 rings (SSSR count). The van der Waals surface area contributed by atoms with E-state index < -0.39 is 0 Å². The number of likely N-dealkylation sites (tertiary alicyclic amines) is 1. The second-order valence-electron chi connectivity index (χ2n) is 5.14. The van der Waals surface area contributed by atoms with Gasteiger partial charge in [-0.15, -0.1) is 0 Å². The number of hydrogen-bond donors (Lipinski definition) is 0. The maximum Gasteiger partial charge on any atom is 0.276 e. The summed E-state index contributed by atoms with van der Waals surface area (Å²) in [6, 6.07) is 5.30. The average molecular weight is 287 g/mol. The van der Waals surface area contributed by atoms with Crippen molar-refractivity contribution in [3.63, 3.8) is 0 Å². The third kappa shape index (κ3) is 3.21. The van der Waals surface area contributed by atoms with Gasteiger partial charge in [-0.1, -0.05) is 5.16 Å². The summed E-state index contributed by atoms with van der Waals surface area (Å²) in [7, 11) is 0. The minimum Gasteiger partial charge on any atom is -0.488 e.